The van der Waals surface area contributed by atoms with Crippen molar-refractivity contribution in [2.75, 3.05) is 5.32 Å². The molecule has 0 radical (unpaired) electrons. The summed E-state index contributed by atoms with van der Waals surface area (Å²) < 4.78 is 0. The summed E-state index contributed by atoms with van der Waals surface area (Å²) in [6, 6.07) is 2.33. The number of aromatic amines is 1. The first-order chi connectivity index (χ1) is 8.99. The van der Waals surface area contributed by atoms with Gasteiger partial charge in [0.1, 0.15) is 17.8 Å². The lowest BCUT2D eigenvalue weighted by molar-refractivity contribution is -0.384. The molecule has 2 rings (SSSR count). The maximum Gasteiger partial charge on any atom is 0.293 e. The number of nitrogens with zero attached hydrogens (tertiary/aromatic N) is 3. The third-order valence-corrected chi connectivity index (χ3v) is 3.17. The normalized spacial score (nSPS) is 12.2. The number of nitro groups is 1. The van der Waals surface area contributed by atoms with E-state index in [9.17, 15) is 10.1 Å². The molecule has 0 fully saturated rings. The predicted molar refractivity (Wildman–Crippen MR) is 71.5 cm³/mol. The molecule has 2 aromatic rings. The van der Waals surface area contributed by atoms with Crippen LogP contribution in [0.15, 0.2) is 18.5 Å². The number of nitro benzene ring substituents is 1. The molecule has 1 atom stereocenters. The second-order valence-corrected chi connectivity index (χ2v) is 4.59. The fourth-order valence-corrected chi connectivity index (χ4v) is 1.85. The number of rotatable bonds is 4. The van der Waals surface area contributed by atoms with E-state index in [1.54, 1.807) is 6.92 Å². The van der Waals surface area contributed by atoms with E-state index in [-0.39, 0.29) is 27.5 Å². The van der Waals surface area contributed by atoms with Crippen molar-refractivity contribution in [3.8, 4) is 0 Å². The van der Waals surface area contributed by atoms with Gasteiger partial charge in [-0.25, -0.2) is 4.98 Å². The van der Waals surface area contributed by atoms with Crippen LogP contribution in [0.25, 0.3) is 0 Å². The second kappa shape index (κ2) is 5.41. The van der Waals surface area contributed by atoms with E-state index in [4.69, 9.17) is 23.2 Å². The van der Waals surface area contributed by atoms with Crippen molar-refractivity contribution >= 4 is 34.6 Å². The van der Waals surface area contributed by atoms with Crippen LogP contribution < -0.4 is 5.32 Å². The average Bonchev–Trinajstić information content (AvgIpc) is 2.86. The highest BCUT2D eigenvalue weighted by atomic mass is 35.5. The molecule has 0 spiro atoms. The van der Waals surface area contributed by atoms with Gasteiger partial charge in [-0.2, -0.15) is 5.10 Å². The molecule has 7 nitrogen and oxygen atoms in total. The van der Waals surface area contributed by atoms with Gasteiger partial charge in [-0.1, -0.05) is 23.2 Å². The summed E-state index contributed by atoms with van der Waals surface area (Å²) in [7, 11) is 0. The lowest BCUT2D eigenvalue weighted by Crippen LogP contribution is -2.10. The highest BCUT2D eigenvalue weighted by Crippen LogP contribution is 2.35. The monoisotopic (exact) mass is 301 g/mol. The largest absolute Gasteiger partial charge is 0.370 e. The van der Waals surface area contributed by atoms with E-state index in [1.807, 2.05) is 0 Å². The number of hydrogen-bond donors (Lipinski definition) is 2. The maximum absolute atomic E-state index is 11.0. The zero-order valence-electron chi connectivity index (χ0n) is 9.72. The fraction of sp³-hybridized carbons (Fsp3) is 0.200. The van der Waals surface area contributed by atoms with E-state index >= 15 is 0 Å². The topological polar surface area (TPSA) is 96.7 Å². The molecule has 0 aliphatic carbocycles. The van der Waals surface area contributed by atoms with Crippen molar-refractivity contribution in [3.63, 3.8) is 0 Å². The summed E-state index contributed by atoms with van der Waals surface area (Å²) in [5.41, 5.74) is 0.115. The van der Waals surface area contributed by atoms with Crippen LogP contribution in [0.3, 0.4) is 0 Å². The molecular formula is C10H9Cl2N5O2. The Hall–Kier alpha value is -1.86. The van der Waals surface area contributed by atoms with E-state index < -0.39 is 4.92 Å². The van der Waals surface area contributed by atoms with Crippen LogP contribution >= 0.6 is 23.2 Å². The van der Waals surface area contributed by atoms with Crippen molar-refractivity contribution in [2.24, 2.45) is 0 Å². The summed E-state index contributed by atoms with van der Waals surface area (Å²) >= 11 is 11.6. The quantitative estimate of drug-likeness (QED) is 0.667. The Kier molecular flexibility index (Phi) is 3.87. The Labute approximate surface area is 118 Å². The van der Waals surface area contributed by atoms with Crippen LogP contribution in [0.1, 0.15) is 18.8 Å². The number of benzene rings is 1. The molecule has 100 valence electrons. The first kappa shape index (κ1) is 13.6. The van der Waals surface area contributed by atoms with Crippen LogP contribution in [0, 0.1) is 10.1 Å². The van der Waals surface area contributed by atoms with Gasteiger partial charge in [0.05, 0.1) is 21.0 Å². The molecule has 0 aliphatic rings. The number of nitrogens with one attached hydrogen (secondary N) is 2. The summed E-state index contributed by atoms with van der Waals surface area (Å²) in [5, 5.41) is 20.7. The number of halogens is 2. The summed E-state index contributed by atoms with van der Waals surface area (Å²) in [6.45, 7) is 1.78. The van der Waals surface area contributed by atoms with E-state index in [1.165, 1.54) is 18.5 Å². The number of anilines is 1. The highest BCUT2D eigenvalue weighted by molar-refractivity contribution is 6.42. The molecule has 2 N–H and O–H groups in total. The standard InChI is InChI=1S/C10H9Cl2N5O2/c1-5(10-13-4-14-16-10)15-8-2-6(11)7(12)3-9(8)17(18)19/h2-5,15H,1H3,(H,13,14,16). The van der Waals surface area contributed by atoms with E-state index in [0.717, 1.165) is 0 Å². The van der Waals surface area contributed by atoms with Gasteiger partial charge < -0.3 is 5.32 Å². The van der Waals surface area contributed by atoms with Gasteiger partial charge >= 0.3 is 0 Å². The van der Waals surface area contributed by atoms with Gasteiger partial charge in [0.25, 0.3) is 5.69 Å². The fourth-order valence-electron chi connectivity index (χ4n) is 1.53. The second-order valence-electron chi connectivity index (χ2n) is 3.78. The molecule has 0 amide bonds. The number of hydrogen-bond acceptors (Lipinski definition) is 5. The molecule has 0 aliphatic heterocycles. The minimum absolute atomic E-state index is 0.131. The van der Waals surface area contributed by atoms with Crippen molar-refractivity contribution in [1.82, 2.24) is 15.2 Å². The molecule has 19 heavy (non-hydrogen) atoms. The molecule has 1 unspecified atom stereocenters. The molecule has 0 bridgehead atoms. The van der Waals surface area contributed by atoms with Gasteiger partial charge in [0.15, 0.2) is 0 Å². The van der Waals surface area contributed by atoms with Gasteiger partial charge in [-0.15, -0.1) is 0 Å². The molecule has 1 heterocycles. The lowest BCUT2D eigenvalue weighted by atomic mass is 10.2. The van der Waals surface area contributed by atoms with Gasteiger partial charge in [-0.3, -0.25) is 15.2 Å². The van der Waals surface area contributed by atoms with Gasteiger partial charge in [-0.05, 0) is 13.0 Å². The molecule has 9 heteroatoms. The minimum Gasteiger partial charge on any atom is -0.370 e. The van der Waals surface area contributed by atoms with Crippen molar-refractivity contribution < 1.29 is 4.92 Å². The van der Waals surface area contributed by atoms with Crippen LogP contribution in [0.2, 0.25) is 10.0 Å². The van der Waals surface area contributed by atoms with Crippen molar-refractivity contribution in [1.29, 1.82) is 0 Å². The smallest absolute Gasteiger partial charge is 0.293 e. The van der Waals surface area contributed by atoms with Crippen molar-refractivity contribution in [2.45, 2.75) is 13.0 Å². The third-order valence-electron chi connectivity index (χ3n) is 2.45. The van der Waals surface area contributed by atoms with Gasteiger partial charge in [0.2, 0.25) is 0 Å². The Morgan fingerprint density at radius 2 is 2.11 bits per heavy atom. The number of H-pyrrole nitrogens is 1. The Balaban J connectivity index is 2.33. The van der Waals surface area contributed by atoms with Crippen LogP contribution in [-0.2, 0) is 0 Å². The zero-order valence-corrected chi connectivity index (χ0v) is 11.2. The van der Waals surface area contributed by atoms with Gasteiger partial charge in [0, 0.05) is 6.07 Å². The Morgan fingerprint density at radius 3 is 2.68 bits per heavy atom. The first-order valence-electron chi connectivity index (χ1n) is 5.24. The average molecular weight is 302 g/mol. The lowest BCUT2D eigenvalue weighted by Gasteiger charge is -2.13. The minimum atomic E-state index is -0.530. The third kappa shape index (κ3) is 2.94. The van der Waals surface area contributed by atoms with Crippen LogP contribution in [-0.4, -0.2) is 20.1 Å². The Bertz CT molecular complexity index is 602. The van der Waals surface area contributed by atoms with Crippen molar-refractivity contribution in [3.05, 3.63) is 44.4 Å². The highest BCUT2D eigenvalue weighted by Gasteiger charge is 2.19. The predicted octanol–water partition coefficient (Wildman–Crippen LogP) is 3.19. The zero-order chi connectivity index (χ0) is 14.0. The maximum atomic E-state index is 11.0. The molecular weight excluding hydrogens is 293 g/mol. The van der Waals surface area contributed by atoms with E-state index in [0.29, 0.717) is 5.82 Å². The first-order valence-corrected chi connectivity index (χ1v) is 6.00. The molecule has 0 saturated heterocycles. The summed E-state index contributed by atoms with van der Waals surface area (Å²) in [5.74, 6) is 0.556. The van der Waals surface area contributed by atoms with Crippen LogP contribution in [0.4, 0.5) is 11.4 Å². The Morgan fingerprint density at radius 1 is 1.42 bits per heavy atom. The SMILES string of the molecule is CC(Nc1cc(Cl)c(Cl)cc1[N+](=O)[O-])c1ncn[nH]1. The molecule has 0 saturated carbocycles. The molecule has 1 aromatic carbocycles. The van der Waals surface area contributed by atoms with Crippen LogP contribution in [0.5, 0.6) is 0 Å². The number of aromatic nitrogens is 3. The van der Waals surface area contributed by atoms with E-state index in [2.05, 4.69) is 20.5 Å². The summed E-state index contributed by atoms with van der Waals surface area (Å²) in [4.78, 5) is 14.4. The molecule has 1 aromatic heterocycles. The summed E-state index contributed by atoms with van der Waals surface area (Å²) in [6.07, 6.45) is 1.36.